The van der Waals surface area contributed by atoms with Crippen molar-refractivity contribution in [2.45, 2.75) is 51.4 Å². The standard InChI is InChI=1S/C25H35ClN4/c1-19-20(5-4-12-27)7-8-21-17-22(26)9-10-25(21)24(19)11-14-28-13-3-2-6-23-18-29-15-16-30-23/h4-5,9-10,12,16-19,24,28-29H,2-3,6-8,11,13-15,27H2,1H3/b12-4-,20-5-. The van der Waals surface area contributed by atoms with Crippen molar-refractivity contribution in [2.24, 2.45) is 16.6 Å². The molecule has 0 amide bonds. The number of nitrogens with two attached hydrogens (primary N) is 1. The first kappa shape index (κ1) is 22.6. The third-order valence-electron chi connectivity index (χ3n) is 6.20. The van der Waals surface area contributed by atoms with Crippen molar-refractivity contribution in [2.75, 3.05) is 19.6 Å². The monoisotopic (exact) mass is 426 g/mol. The number of rotatable bonds is 9. The van der Waals surface area contributed by atoms with Crippen LogP contribution in [0.1, 0.15) is 56.1 Å². The number of allylic oxidation sites excluding steroid dienone is 4. The Balaban J connectivity index is 1.53. The molecule has 0 spiro atoms. The molecule has 1 heterocycles. The molecule has 4 nitrogen and oxygen atoms in total. The van der Waals surface area contributed by atoms with E-state index in [1.807, 2.05) is 24.6 Å². The molecule has 2 atom stereocenters. The predicted molar refractivity (Wildman–Crippen MR) is 129 cm³/mol. The number of aliphatic imine (C=N–C) groups is 1. The van der Waals surface area contributed by atoms with Gasteiger partial charge in [-0.3, -0.25) is 4.99 Å². The van der Waals surface area contributed by atoms with Gasteiger partial charge in [-0.1, -0.05) is 36.2 Å². The van der Waals surface area contributed by atoms with Crippen LogP contribution in [-0.2, 0) is 6.42 Å². The minimum atomic E-state index is 0.494. The van der Waals surface area contributed by atoms with Gasteiger partial charge in [-0.15, -0.1) is 0 Å². The van der Waals surface area contributed by atoms with Crippen molar-refractivity contribution in [3.8, 4) is 0 Å². The molecule has 0 saturated heterocycles. The smallest absolute Gasteiger partial charge is 0.0556 e. The SMILES string of the molecule is CC1/C(=C\C=C/N)CCc2cc(Cl)ccc2C1CCNCCCCC1=CNCC=N1. The van der Waals surface area contributed by atoms with Crippen LogP contribution in [0.4, 0.5) is 0 Å². The van der Waals surface area contributed by atoms with Gasteiger partial charge in [0, 0.05) is 24.0 Å². The summed E-state index contributed by atoms with van der Waals surface area (Å²) in [6, 6.07) is 6.44. The summed E-state index contributed by atoms with van der Waals surface area (Å²) in [6.45, 7) is 5.29. The summed E-state index contributed by atoms with van der Waals surface area (Å²) in [6.07, 6.45) is 16.4. The van der Waals surface area contributed by atoms with Crippen molar-refractivity contribution < 1.29 is 0 Å². The Bertz CT molecular complexity index is 809. The second-order valence-electron chi connectivity index (χ2n) is 8.22. The van der Waals surface area contributed by atoms with Crippen LogP contribution in [0.3, 0.4) is 0 Å². The van der Waals surface area contributed by atoms with E-state index in [1.54, 1.807) is 6.20 Å². The van der Waals surface area contributed by atoms with E-state index in [1.165, 1.54) is 23.1 Å². The molecule has 1 aliphatic heterocycles. The van der Waals surface area contributed by atoms with Crippen LogP contribution in [0.2, 0.25) is 5.02 Å². The average molecular weight is 427 g/mol. The lowest BCUT2D eigenvalue weighted by Gasteiger charge is -2.25. The Labute approximate surface area is 186 Å². The summed E-state index contributed by atoms with van der Waals surface area (Å²) in [7, 11) is 0. The molecule has 2 aliphatic rings. The van der Waals surface area contributed by atoms with E-state index in [4.69, 9.17) is 17.3 Å². The van der Waals surface area contributed by atoms with Crippen LogP contribution in [0.5, 0.6) is 0 Å². The normalized spacial score (nSPS) is 22.6. The van der Waals surface area contributed by atoms with Gasteiger partial charge in [0.1, 0.15) is 0 Å². The minimum Gasteiger partial charge on any atom is -0.405 e. The quantitative estimate of drug-likeness (QED) is 0.381. The fourth-order valence-corrected chi connectivity index (χ4v) is 4.71. The fourth-order valence-electron chi connectivity index (χ4n) is 4.51. The van der Waals surface area contributed by atoms with Gasteiger partial charge >= 0.3 is 0 Å². The van der Waals surface area contributed by atoms with Crippen molar-refractivity contribution >= 4 is 17.8 Å². The van der Waals surface area contributed by atoms with Crippen LogP contribution in [0, 0.1) is 5.92 Å². The third kappa shape index (κ3) is 6.48. The number of nitrogens with zero attached hydrogens (tertiary/aromatic N) is 1. The molecule has 0 radical (unpaired) electrons. The Kier molecular flexibility index (Phi) is 9.03. The van der Waals surface area contributed by atoms with Crippen molar-refractivity contribution in [3.63, 3.8) is 0 Å². The zero-order valence-electron chi connectivity index (χ0n) is 18.0. The number of aryl methyl sites for hydroxylation is 1. The maximum absolute atomic E-state index is 6.29. The Morgan fingerprint density at radius 1 is 1.27 bits per heavy atom. The summed E-state index contributed by atoms with van der Waals surface area (Å²) in [5.74, 6) is 0.992. The van der Waals surface area contributed by atoms with Gasteiger partial charge < -0.3 is 16.4 Å². The molecule has 0 saturated carbocycles. The number of nitrogens with one attached hydrogen (secondary N) is 2. The number of hydrogen-bond donors (Lipinski definition) is 3. The first-order chi connectivity index (χ1) is 14.7. The molecule has 162 valence electrons. The maximum Gasteiger partial charge on any atom is 0.0556 e. The second-order valence-corrected chi connectivity index (χ2v) is 8.65. The Morgan fingerprint density at radius 3 is 2.97 bits per heavy atom. The van der Waals surface area contributed by atoms with Gasteiger partial charge in [-0.25, -0.2) is 0 Å². The van der Waals surface area contributed by atoms with Gasteiger partial charge in [0.2, 0.25) is 0 Å². The van der Waals surface area contributed by atoms with Crippen LogP contribution in [-0.4, -0.2) is 25.8 Å². The van der Waals surface area contributed by atoms with E-state index in [-0.39, 0.29) is 0 Å². The molecule has 1 aromatic carbocycles. The van der Waals surface area contributed by atoms with E-state index in [9.17, 15) is 0 Å². The Morgan fingerprint density at radius 2 is 2.17 bits per heavy atom. The molecule has 30 heavy (non-hydrogen) atoms. The number of hydrogen-bond acceptors (Lipinski definition) is 4. The predicted octanol–water partition coefficient (Wildman–Crippen LogP) is 5.07. The van der Waals surface area contributed by atoms with Gasteiger partial charge in [0.25, 0.3) is 0 Å². The first-order valence-electron chi connectivity index (χ1n) is 11.2. The van der Waals surface area contributed by atoms with Crippen LogP contribution >= 0.6 is 11.6 Å². The van der Waals surface area contributed by atoms with E-state index < -0.39 is 0 Å². The van der Waals surface area contributed by atoms with Gasteiger partial charge in [0.05, 0.1) is 5.70 Å². The highest BCUT2D eigenvalue weighted by Crippen LogP contribution is 2.40. The van der Waals surface area contributed by atoms with Crippen molar-refractivity contribution in [1.82, 2.24) is 10.6 Å². The minimum absolute atomic E-state index is 0.494. The molecule has 0 aromatic heterocycles. The summed E-state index contributed by atoms with van der Waals surface area (Å²) in [5.41, 5.74) is 11.1. The molecule has 0 fully saturated rings. The number of benzene rings is 1. The first-order valence-corrected chi connectivity index (χ1v) is 11.6. The molecular weight excluding hydrogens is 392 g/mol. The summed E-state index contributed by atoms with van der Waals surface area (Å²) in [5, 5.41) is 7.71. The van der Waals surface area contributed by atoms with Crippen molar-refractivity contribution in [1.29, 1.82) is 0 Å². The molecular formula is C25H35ClN4. The highest BCUT2D eigenvalue weighted by atomic mass is 35.5. The lowest BCUT2D eigenvalue weighted by molar-refractivity contribution is 0.465. The summed E-state index contributed by atoms with van der Waals surface area (Å²) >= 11 is 6.29. The molecule has 0 bridgehead atoms. The molecule has 2 unspecified atom stereocenters. The highest BCUT2D eigenvalue weighted by Gasteiger charge is 2.27. The Hall–Kier alpha value is -2.04. The second kappa shape index (κ2) is 12.0. The van der Waals surface area contributed by atoms with E-state index >= 15 is 0 Å². The van der Waals surface area contributed by atoms with E-state index in [0.29, 0.717) is 11.8 Å². The van der Waals surface area contributed by atoms with Crippen LogP contribution in [0.25, 0.3) is 0 Å². The number of fused-ring (bicyclic) bond motifs is 1. The average Bonchev–Trinajstić information content (AvgIpc) is 2.88. The highest BCUT2D eigenvalue weighted by molar-refractivity contribution is 6.30. The largest absolute Gasteiger partial charge is 0.405 e. The molecule has 4 N–H and O–H groups in total. The molecule has 3 rings (SSSR count). The third-order valence-corrected chi connectivity index (χ3v) is 6.44. The van der Waals surface area contributed by atoms with E-state index in [2.05, 4.69) is 40.8 Å². The number of unbranched alkanes of at least 4 members (excludes halogenated alkanes) is 1. The van der Waals surface area contributed by atoms with Gasteiger partial charge in [-0.2, -0.15) is 0 Å². The van der Waals surface area contributed by atoms with E-state index in [0.717, 1.165) is 62.5 Å². The zero-order valence-corrected chi connectivity index (χ0v) is 18.8. The van der Waals surface area contributed by atoms with Gasteiger partial charge in [-0.05, 0) is 99.0 Å². The maximum atomic E-state index is 6.29. The zero-order chi connectivity index (χ0) is 21.2. The van der Waals surface area contributed by atoms with Crippen molar-refractivity contribution in [3.05, 3.63) is 70.2 Å². The molecule has 1 aromatic rings. The van der Waals surface area contributed by atoms with Crippen LogP contribution < -0.4 is 16.4 Å². The molecule has 5 heteroatoms. The lowest BCUT2D eigenvalue weighted by atomic mass is 9.80. The number of halogens is 1. The summed E-state index contributed by atoms with van der Waals surface area (Å²) < 4.78 is 0. The topological polar surface area (TPSA) is 62.4 Å². The molecule has 1 aliphatic carbocycles. The van der Waals surface area contributed by atoms with Crippen LogP contribution in [0.15, 0.2) is 59.0 Å². The summed E-state index contributed by atoms with van der Waals surface area (Å²) in [4.78, 5) is 4.42. The van der Waals surface area contributed by atoms with Gasteiger partial charge in [0.15, 0.2) is 0 Å². The fraction of sp³-hybridized carbons (Fsp3) is 0.480. The lowest BCUT2D eigenvalue weighted by Crippen LogP contribution is -2.22.